The second-order valence-electron chi connectivity index (χ2n) is 6.12. The highest BCUT2D eigenvalue weighted by Gasteiger charge is 2.22. The number of carbonyl (C=O) groups excluding carboxylic acids is 3. The van der Waals surface area contributed by atoms with E-state index in [4.69, 9.17) is 0 Å². The predicted octanol–water partition coefficient (Wildman–Crippen LogP) is 1.91. The molecule has 0 unspecified atom stereocenters. The molecule has 0 atom stereocenters. The Morgan fingerprint density at radius 2 is 1.64 bits per heavy atom. The van der Waals surface area contributed by atoms with Gasteiger partial charge in [0.05, 0.1) is 0 Å². The van der Waals surface area contributed by atoms with Gasteiger partial charge in [-0.3, -0.25) is 9.59 Å². The van der Waals surface area contributed by atoms with Crippen LogP contribution >= 0.6 is 0 Å². The van der Waals surface area contributed by atoms with Crippen molar-refractivity contribution in [2.45, 2.75) is 26.7 Å². The van der Waals surface area contributed by atoms with E-state index in [1.54, 1.807) is 34.1 Å². The van der Waals surface area contributed by atoms with Crippen LogP contribution in [0.5, 0.6) is 0 Å². The van der Waals surface area contributed by atoms with E-state index >= 15 is 0 Å². The summed E-state index contributed by atoms with van der Waals surface area (Å²) in [5.41, 5.74) is 1.25. The quantitative estimate of drug-likeness (QED) is 0.874. The first-order valence-electron chi connectivity index (χ1n) is 8.71. The monoisotopic (exact) mass is 346 g/mol. The highest BCUT2D eigenvalue weighted by atomic mass is 16.2. The van der Waals surface area contributed by atoms with Crippen LogP contribution in [0.3, 0.4) is 0 Å². The first kappa shape index (κ1) is 18.8. The molecule has 25 heavy (non-hydrogen) atoms. The molecule has 0 bridgehead atoms. The van der Waals surface area contributed by atoms with Crippen LogP contribution in [-0.4, -0.2) is 60.4 Å². The van der Waals surface area contributed by atoms with Gasteiger partial charge in [0, 0.05) is 50.9 Å². The van der Waals surface area contributed by atoms with Gasteiger partial charge >= 0.3 is 6.03 Å². The highest BCUT2D eigenvalue weighted by Crippen LogP contribution is 2.13. The van der Waals surface area contributed by atoms with Crippen LogP contribution in [-0.2, 0) is 4.79 Å². The van der Waals surface area contributed by atoms with E-state index in [9.17, 15) is 14.4 Å². The summed E-state index contributed by atoms with van der Waals surface area (Å²) in [4.78, 5) is 39.3. The van der Waals surface area contributed by atoms with Crippen molar-refractivity contribution in [3.05, 3.63) is 29.8 Å². The normalized spacial score (nSPS) is 14.6. The average Bonchev–Trinajstić information content (AvgIpc) is 2.85. The zero-order valence-corrected chi connectivity index (χ0v) is 14.9. The summed E-state index contributed by atoms with van der Waals surface area (Å²) in [5, 5.41) is 5.56. The van der Waals surface area contributed by atoms with Crippen LogP contribution in [0.15, 0.2) is 24.3 Å². The third kappa shape index (κ3) is 5.48. The van der Waals surface area contributed by atoms with E-state index in [0.29, 0.717) is 44.0 Å². The first-order chi connectivity index (χ1) is 12.0. The summed E-state index contributed by atoms with van der Waals surface area (Å²) in [5.74, 6) is -0.196. The Morgan fingerprint density at radius 3 is 2.28 bits per heavy atom. The molecule has 2 rings (SSSR count). The molecule has 1 aromatic carbocycles. The summed E-state index contributed by atoms with van der Waals surface area (Å²) in [6.07, 6.45) is 1.66. The van der Waals surface area contributed by atoms with E-state index in [1.165, 1.54) is 6.92 Å². The molecule has 0 aromatic heterocycles. The van der Waals surface area contributed by atoms with Crippen LogP contribution in [0, 0.1) is 0 Å². The van der Waals surface area contributed by atoms with Crippen LogP contribution in [0.25, 0.3) is 0 Å². The lowest BCUT2D eigenvalue weighted by Crippen LogP contribution is -2.42. The van der Waals surface area contributed by atoms with Crippen molar-refractivity contribution in [1.82, 2.24) is 15.1 Å². The zero-order valence-electron chi connectivity index (χ0n) is 14.9. The number of nitrogens with one attached hydrogen (secondary N) is 2. The molecule has 0 spiro atoms. The molecular weight excluding hydrogens is 320 g/mol. The standard InChI is InChI=1S/C18H26N4O3/c1-3-9-19-18(25)22-11-4-10-21(12-13-22)17(24)15-5-7-16(8-6-15)20-14(2)23/h5-8H,3-4,9-13H2,1-2H3,(H,19,25)(H,20,23). The second kappa shape index (κ2) is 9.05. The molecule has 1 aliphatic rings. The number of hydrogen-bond acceptors (Lipinski definition) is 3. The fourth-order valence-corrected chi connectivity index (χ4v) is 2.75. The Kier molecular flexibility index (Phi) is 6.80. The average molecular weight is 346 g/mol. The summed E-state index contributed by atoms with van der Waals surface area (Å²) in [6, 6.07) is 6.80. The molecule has 1 aliphatic heterocycles. The lowest BCUT2D eigenvalue weighted by Gasteiger charge is -2.22. The van der Waals surface area contributed by atoms with E-state index in [1.807, 2.05) is 6.92 Å². The highest BCUT2D eigenvalue weighted by molar-refractivity contribution is 5.95. The minimum Gasteiger partial charge on any atom is -0.338 e. The number of carbonyl (C=O) groups is 3. The van der Waals surface area contributed by atoms with Gasteiger partial charge < -0.3 is 20.4 Å². The van der Waals surface area contributed by atoms with Crippen LogP contribution in [0.4, 0.5) is 10.5 Å². The van der Waals surface area contributed by atoms with Gasteiger partial charge in [0.15, 0.2) is 0 Å². The van der Waals surface area contributed by atoms with Crippen LogP contribution < -0.4 is 10.6 Å². The van der Waals surface area contributed by atoms with Crippen molar-refractivity contribution in [2.24, 2.45) is 0 Å². The maximum absolute atomic E-state index is 12.7. The van der Waals surface area contributed by atoms with Crippen molar-refractivity contribution >= 4 is 23.5 Å². The van der Waals surface area contributed by atoms with Gasteiger partial charge in [-0.1, -0.05) is 6.92 Å². The Morgan fingerprint density at radius 1 is 1.00 bits per heavy atom. The molecular formula is C18H26N4O3. The number of benzene rings is 1. The van der Waals surface area contributed by atoms with Gasteiger partial charge in [-0.25, -0.2) is 4.79 Å². The molecule has 4 amide bonds. The number of rotatable bonds is 4. The summed E-state index contributed by atoms with van der Waals surface area (Å²) in [6.45, 7) is 6.46. The van der Waals surface area contributed by atoms with E-state index in [-0.39, 0.29) is 17.8 Å². The van der Waals surface area contributed by atoms with Gasteiger partial charge in [-0.15, -0.1) is 0 Å². The van der Waals surface area contributed by atoms with Crippen molar-refractivity contribution in [3.8, 4) is 0 Å². The minimum atomic E-state index is -0.145. The Balaban J connectivity index is 1.94. The number of urea groups is 1. The zero-order chi connectivity index (χ0) is 18.2. The molecule has 1 fully saturated rings. The Bertz CT molecular complexity index is 615. The molecule has 0 radical (unpaired) electrons. The van der Waals surface area contributed by atoms with Crippen LogP contribution in [0.1, 0.15) is 37.0 Å². The smallest absolute Gasteiger partial charge is 0.317 e. The molecule has 1 heterocycles. The third-order valence-electron chi connectivity index (χ3n) is 4.05. The molecule has 1 saturated heterocycles. The summed E-state index contributed by atoms with van der Waals surface area (Å²) in [7, 11) is 0. The molecule has 136 valence electrons. The SMILES string of the molecule is CCCNC(=O)N1CCCN(C(=O)c2ccc(NC(C)=O)cc2)CC1. The third-order valence-corrected chi connectivity index (χ3v) is 4.05. The fraction of sp³-hybridized carbons (Fsp3) is 0.500. The minimum absolute atomic E-state index is 0.0507. The van der Waals surface area contributed by atoms with Gasteiger partial charge in [0.25, 0.3) is 5.91 Å². The van der Waals surface area contributed by atoms with Crippen molar-refractivity contribution < 1.29 is 14.4 Å². The van der Waals surface area contributed by atoms with Crippen molar-refractivity contribution in [1.29, 1.82) is 0 Å². The summed E-state index contributed by atoms with van der Waals surface area (Å²) < 4.78 is 0. The first-order valence-corrected chi connectivity index (χ1v) is 8.71. The van der Waals surface area contributed by atoms with E-state index < -0.39 is 0 Å². The molecule has 7 heteroatoms. The second-order valence-corrected chi connectivity index (χ2v) is 6.12. The predicted molar refractivity (Wildman–Crippen MR) is 96.5 cm³/mol. The van der Waals surface area contributed by atoms with Gasteiger partial charge in [-0.05, 0) is 37.1 Å². The van der Waals surface area contributed by atoms with Crippen LogP contribution in [0.2, 0.25) is 0 Å². The number of nitrogens with zero attached hydrogens (tertiary/aromatic N) is 2. The lowest BCUT2D eigenvalue weighted by atomic mass is 10.1. The number of hydrogen-bond donors (Lipinski definition) is 2. The largest absolute Gasteiger partial charge is 0.338 e. The van der Waals surface area contributed by atoms with Crippen molar-refractivity contribution in [3.63, 3.8) is 0 Å². The molecule has 7 nitrogen and oxygen atoms in total. The number of amides is 4. The molecule has 2 N–H and O–H groups in total. The van der Waals surface area contributed by atoms with Gasteiger partial charge in [0.2, 0.25) is 5.91 Å². The molecule has 0 saturated carbocycles. The van der Waals surface area contributed by atoms with Crippen molar-refractivity contribution in [2.75, 3.05) is 38.0 Å². The van der Waals surface area contributed by atoms with E-state index in [2.05, 4.69) is 10.6 Å². The Labute approximate surface area is 148 Å². The maximum Gasteiger partial charge on any atom is 0.317 e. The lowest BCUT2D eigenvalue weighted by molar-refractivity contribution is -0.114. The Hall–Kier alpha value is -2.57. The molecule has 0 aliphatic carbocycles. The fourth-order valence-electron chi connectivity index (χ4n) is 2.75. The summed E-state index contributed by atoms with van der Waals surface area (Å²) >= 11 is 0. The maximum atomic E-state index is 12.7. The number of anilines is 1. The van der Waals surface area contributed by atoms with E-state index in [0.717, 1.165) is 12.8 Å². The topological polar surface area (TPSA) is 81.8 Å². The molecule has 1 aromatic rings. The van der Waals surface area contributed by atoms with Gasteiger partial charge in [-0.2, -0.15) is 0 Å². The van der Waals surface area contributed by atoms with Gasteiger partial charge in [0.1, 0.15) is 0 Å².